The number of nitrogens with one attached hydrogen (secondary N) is 1. The van der Waals surface area contributed by atoms with Crippen LogP contribution in [-0.2, 0) is 0 Å². The molecule has 0 bridgehead atoms. The van der Waals surface area contributed by atoms with Gasteiger partial charge in [-0.15, -0.1) is 0 Å². The molecule has 0 amide bonds. The van der Waals surface area contributed by atoms with Crippen molar-refractivity contribution in [2.24, 2.45) is 5.92 Å². The number of nitrogens with zero attached hydrogens (tertiary/aromatic N) is 2. The van der Waals surface area contributed by atoms with Crippen molar-refractivity contribution in [2.75, 3.05) is 5.32 Å². The third kappa shape index (κ3) is 2.44. The summed E-state index contributed by atoms with van der Waals surface area (Å²) in [5, 5.41) is 25.9. The minimum Gasteiger partial charge on any atom is -0.377 e. The Kier molecular flexibility index (Phi) is 3.72. The number of hydrogen-bond acceptors (Lipinski definition) is 5. The van der Waals surface area contributed by atoms with E-state index >= 15 is 0 Å². The van der Waals surface area contributed by atoms with Gasteiger partial charge >= 0.3 is 0 Å². The highest BCUT2D eigenvalue weighted by molar-refractivity contribution is 5.70. The number of anilines is 1. The summed E-state index contributed by atoms with van der Waals surface area (Å²) in [6, 6.07) is 9.82. The van der Waals surface area contributed by atoms with Gasteiger partial charge in [0.05, 0.1) is 21.5 Å². The molecular weight excluding hydrogens is 334 g/mol. The Morgan fingerprint density at radius 2 is 1.77 bits per heavy atom. The van der Waals surface area contributed by atoms with E-state index in [0.29, 0.717) is 0 Å². The van der Waals surface area contributed by atoms with Gasteiger partial charge in [0.1, 0.15) is 0 Å². The lowest BCUT2D eigenvalue weighted by Gasteiger charge is -2.37. The van der Waals surface area contributed by atoms with Crippen LogP contribution in [0, 0.1) is 33.1 Å². The Hall–Kier alpha value is -3.22. The zero-order valence-corrected chi connectivity index (χ0v) is 14.1. The summed E-state index contributed by atoms with van der Waals surface area (Å²) in [6.45, 7) is 1.93. The van der Waals surface area contributed by atoms with Crippen molar-refractivity contribution in [3.63, 3.8) is 0 Å². The average molecular weight is 351 g/mol. The first-order chi connectivity index (χ1) is 12.5. The van der Waals surface area contributed by atoms with Gasteiger partial charge in [-0.3, -0.25) is 20.2 Å². The Morgan fingerprint density at radius 3 is 2.42 bits per heavy atom. The van der Waals surface area contributed by atoms with E-state index in [-0.39, 0.29) is 34.2 Å². The Balaban J connectivity index is 1.81. The fourth-order valence-electron chi connectivity index (χ4n) is 4.13. The fourth-order valence-corrected chi connectivity index (χ4v) is 4.13. The molecule has 1 heterocycles. The lowest BCUT2D eigenvalue weighted by Crippen LogP contribution is -2.30. The number of allylic oxidation sites excluding steroid dienone is 2. The largest absolute Gasteiger partial charge is 0.377 e. The van der Waals surface area contributed by atoms with Crippen molar-refractivity contribution in [2.45, 2.75) is 25.3 Å². The van der Waals surface area contributed by atoms with Crippen molar-refractivity contribution in [1.29, 1.82) is 0 Å². The van der Waals surface area contributed by atoms with Gasteiger partial charge in [0.2, 0.25) is 0 Å². The van der Waals surface area contributed by atoms with Gasteiger partial charge in [-0.1, -0.05) is 30.4 Å². The summed E-state index contributed by atoms with van der Waals surface area (Å²) in [5.41, 5.74) is 3.64. The van der Waals surface area contributed by atoms with Crippen LogP contribution < -0.4 is 5.32 Å². The van der Waals surface area contributed by atoms with Gasteiger partial charge < -0.3 is 5.32 Å². The van der Waals surface area contributed by atoms with E-state index in [1.54, 1.807) is 24.3 Å². The standard InChI is InChI=1S/C19H17N3O4/c1-11-5-10-16(22(25)26)17-14-3-2-4-15(14)19(20-18(11)17)12-6-8-13(9-7-12)21(23)24/h2-3,5-10,14-15,19-20H,4H2,1H3/t14?,15?,19-/m1/s1. The highest BCUT2D eigenvalue weighted by atomic mass is 16.6. The highest BCUT2D eigenvalue weighted by Crippen LogP contribution is 2.53. The second kappa shape index (κ2) is 5.94. The molecule has 26 heavy (non-hydrogen) atoms. The monoisotopic (exact) mass is 351 g/mol. The first-order valence-corrected chi connectivity index (χ1v) is 8.43. The van der Waals surface area contributed by atoms with Crippen LogP contribution >= 0.6 is 0 Å². The Morgan fingerprint density at radius 1 is 1.04 bits per heavy atom. The summed E-state index contributed by atoms with van der Waals surface area (Å²) >= 11 is 0. The smallest absolute Gasteiger partial charge is 0.275 e. The van der Waals surface area contributed by atoms with Gasteiger partial charge in [0, 0.05) is 29.8 Å². The molecule has 1 aliphatic carbocycles. The third-order valence-corrected chi connectivity index (χ3v) is 5.36. The Bertz CT molecular complexity index is 937. The van der Waals surface area contributed by atoms with E-state index in [1.807, 2.05) is 6.92 Å². The van der Waals surface area contributed by atoms with Gasteiger partial charge in [-0.25, -0.2) is 0 Å². The second-order valence-corrected chi connectivity index (χ2v) is 6.77. The number of fused-ring (bicyclic) bond motifs is 3. The molecule has 0 radical (unpaired) electrons. The van der Waals surface area contributed by atoms with Crippen molar-refractivity contribution >= 4 is 17.1 Å². The number of non-ortho nitro benzene ring substituents is 1. The summed E-state index contributed by atoms with van der Waals surface area (Å²) in [5.74, 6) is 0.108. The van der Waals surface area contributed by atoms with Gasteiger partial charge in [0.25, 0.3) is 11.4 Å². The molecule has 7 nitrogen and oxygen atoms in total. The molecule has 1 aliphatic heterocycles. The summed E-state index contributed by atoms with van der Waals surface area (Å²) < 4.78 is 0. The lowest BCUT2D eigenvalue weighted by molar-refractivity contribution is -0.385. The lowest BCUT2D eigenvalue weighted by atomic mass is 9.75. The molecule has 0 aromatic heterocycles. The summed E-state index contributed by atoms with van der Waals surface area (Å²) in [7, 11) is 0. The predicted molar refractivity (Wildman–Crippen MR) is 97.3 cm³/mol. The molecular formula is C19H17N3O4. The van der Waals surface area contributed by atoms with Crippen LogP contribution in [0.2, 0.25) is 0 Å². The topological polar surface area (TPSA) is 98.3 Å². The SMILES string of the molecule is Cc1ccc([N+](=O)[O-])c2c1N[C@H](c1ccc([N+](=O)[O-])cc1)C1CC=CC21. The molecule has 2 unspecified atom stereocenters. The van der Waals surface area contributed by atoms with E-state index in [1.165, 1.54) is 12.1 Å². The fraction of sp³-hybridized carbons (Fsp3) is 0.263. The maximum absolute atomic E-state index is 11.5. The summed E-state index contributed by atoms with van der Waals surface area (Å²) in [6.07, 6.45) is 4.93. The molecule has 3 atom stereocenters. The normalized spacial score (nSPS) is 23.0. The number of rotatable bonds is 3. The zero-order chi connectivity index (χ0) is 18.4. The number of hydrogen-bond donors (Lipinski definition) is 1. The van der Waals surface area contributed by atoms with Crippen LogP contribution in [0.15, 0.2) is 48.6 Å². The van der Waals surface area contributed by atoms with Gasteiger partial charge in [-0.2, -0.15) is 0 Å². The average Bonchev–Trinajstić information content (AvgIpc) is 3.11. The van der Waals surface area contributed by atoms with Crippen molar-refractivity contribution < 1.29 is 9.85 Å². The van der Waals surface area contributed by atoms with Gasteiger partial charge in [0.15, 0.2) is 0 Å². The first-order valence-electron chi connectivity index (χ1n) is 8.43. The van der Waals surface area contributed by atoms with Crippen LogP contribution in [0.1, 0.15) is 35.1 Å². The Labute approximate surface area is 149 Å². The number of nitro groups is 2. The second-order valence-electron chi connectivity index (χ2n) is 6.77. The minimum atomic E-state index is -0.416. The number of aryl methyl sites for hydroxylation is 1. The molecule has 2 aliphatic rings. The predicted octanol–water partition coefficient (Wildman–Crippen LogP) is 4.64. The molecule has 0 saturated carbocycles. The maximum Gasteiger partial charge on any atom is 0.275 e. The molecule has 2 aromatic carbocycles. The van der Waals surface area contributed by atoms with Crippen molar-refractivity contribution in [3.05, 3.63) is 85.5 Å². The summed E-state index contributed by atoms with van der Waals surface area (Å²) in [4.78, 5) is 21.7. The minimum absolute atomic E-state index is 0.0354. The quantitative estimate of drug-likeness (QED) is 0.493. The third-order valence-electron chi connectivity index (χ3n) is 5.36. The van der Waals surface area contributed by atoms with Crippen molar-refractivity contribution in [3.8, 4) is 0 Å². The highest BCUT2D eigenvalue weighted by Gasteiger charge is 2.42. The van der Waals surface area contributed by atoms with Gasteiger partial charge in [-0.05, 0) is 30.4 Å². The molecule has 0 spiro atoms. The van der Waals surface area contributed by atoms with Crippen LogP contribution in [0.3, 0.4) is 0 Å². The molecule has 7 heteroatoms. The molecule has 0 fully saturated rings. The van der Waals surface area contributed by atoms with E-state index in [4.69, 9.17) is 0 Å². The molecule has 0 saturated heterocycles. The zero-order valence-electron chi connectivity index (χ0n) is 14.1. The van der Waals surface area contributed by atoms with Crippen LogP contribution in [0.25, 0.3) is 0 Å². The van der Waals surface area contributed by atoms with Crippen LogP contribution in [0.5, 0.6) is 0 Å². The molecule has 4 rings (SSSR count). The molecule has 1 N–H and O–H groups in total. The van der Waals surface area contributed by atoms with E-state index in [9.17, 15) is 20.2 Å². The van der Waals surface area contributed by atoms with Crippen molar-refractivity contribution in [1.82, 2.24) is 0 Å². The maximum atomic E-state index is 11.5. The van der Waals surface area contributed by atoms with Crippen LogP contribution in [0.4, 0.5) is 17.1 Å². The van der Waals surface area contributed by atoms with E-state index in [0.717, 1.165) is 28.8 Å². The number of benzene rings is 2. The van der Waals surface area contributed by atoms with E-state index in [2.05, 4.69) is 17.5 Å². The number of nitro benzene ring substituents is 2. The first kappa shape index (κ1) is 16.3. The molecule has 132 valence electrons. The molecule has 2 aromatic rings. The van der Waals surface area contributed by atoms with Crippen LogP contribution in [-0.4, -0.2) is 9.85 Å². The van der Waals surface area contributed by atoms with E-state index < -0.39 is 4.92 Å².